The van der Waals surface area contributed by atoms with Crippen LogP contribution in [-0.2, 0) is 11.3 Å². The van der Waals surface area contributed by atoms with Gasteiger partial charge in [-0.3, -0.25) is 0 Å². The molecule has 1 N–H and O–H groups in total. The van der Waals surface area contributed by atoms with Crippen molar-refractivity contribution in [3.63, 3.8) is 0 Å². The Morgan fingerprint density at radius 2 is 1.89 bits per heavy atom. The van der Waals surface area contributed by atoms with Gasteiger partial charge < -0.3 is 19.9 Å². The van der Waals surface area contributed by atoms with Crippen LogP contribution in [0.25, 0.3) is 0 Å². The van der Waals surface area contributed by atoms with Crippen LogP contribution >= 0.6 is 0 Å². The van der Waals surface area contributed by atoms with Crippen molar-refractivity contribution < 1.29 is 9.53 Å². The lowest BCUT2D eigenvalue weighted by atomic mass is 9.74. The van der Waals surface area contributed by atoms with Gasteiger partial charge in [-0.1, -0.05) is 6.07 Å². The van der Waals surface area contributed by atoms with Gasteiger partial charge in [0.2, 0.25) is 0 Å². The van der Waals surface area contributed by atoms with Crippen LogP contribution in [0.5, 0.6) is 0 Å². The molecule has 0 bridgehead atoms. The molecule has 0 aliphatic carbocycles. The second kappa shape index (κ2) is 8.46. The van der Waals surface area contributed by atoms with Gasteiger partial charge in [-0.05, 0) is 62.0 Å². The Labute approximate surface area is 162 Å². The third-order valence-electron chi connectivity index (χ3n) is 6.44. The molecule has 6 nitrogen and oxygen atoms in total. The minimum absolute atomic E-state index is 0.0562. The van der Waals surface area contributed by atoms with E-state index in [9.17, 15) is 4.79 Å². The Hall–Kier alpha value is -1.82. The van der Waals surface area contributed by atoms with Crippen molar-refractivity contribution >= 4 is 11.8 Å². The van der Waals surface area contributed by atoms with E-state index < -0.39 is 0 Å². The summed E-state index contributed by atoms with van der Waals surface area (Å²) in [5.41, 5.74) is 1.34. The number of hydrogen-bond donors (Lipinski definition) is 1. The van der Waals surface area contributed by atoms with E-state index >= 15 is 0 Å². The first-order valence-corrected chi connectivity index (χ1v) is 10.5. The zero-order valence-electron chi connectivity index (χ0n) is 16.3. The summed E-state index contributed by atoms with van der Waals surface area (Å²) in [6.45, 7) is 6.15. The number of piperidine rings is 2. The van der Waals surface area contributed by atoms with Gasteiger partial charge >= 0.3 is 6.03 Å². The van der Waals surface area contributed by atoms with E-state index in [4.69, 9.17) is 4.74 Å². The lowest BCUT2D eigenvalue weighted by Gasteiger charge is -2.45. The number of rotatable bonds is 3. The van der Waals surface area contributed by atoms with Gasteiger partial charge in [-0.2, -0.15) is 0 Å². The fraction of sp³-hybridized carbons (Fsp3) is 0.714. The molecule has 0 saturated carbocycles. The van der Waals surface area contributed by atoms with Crippen molar-refractivity contribution in [1.29, 1.82) is 0 Å². The maximum Gasteiger partial charge on any atom is 0.317 e. The van der Waals surface area contributed by atoms with Gasteiger partial charge in [0.1, 0.15) is 5.82 Å². The van der Waals surface area contributed by atoms with Gasteiger partial charge in [0.05, 0.1) is 0 Å². The van der Waals surface area contributed by atoms with Crippen LogP contribution in [-0.4, -0.2) is 55.3 Å². The van der Waals surface area contributed by atoms with Gasteiger partial charge in [0, 0.05) is 52.1 Å². The Balaban J connectivity index is 1.28. The number of hydrogen-bond acceptors (Lipinski definition) is 4. The average Bonchev–Trinajstić information content (AvgIpc) is 2.74. The number of urea groups is 1. The molecule has 0 aromatic carbocycles. The third-order valence-corrected chi connectivity index (χ3v) is 6.44. The fourth-order valence-corrected chi connectivity index (χ4v) is 4.71. The molecule has 4 rings (SSSR count). The smallest absolute Gasteiger partial charge is 0.317 e. The minimum Gasteiger partial charge on any atom is -0.381 e. The van der Waals surface area contributed by atoms with Gasteiger partial charge in [0.15, 0.2) is 0 Å². The van der Waals surface area contributed by atoms with E-state index in [0.29, 0.717) is 6.54 Å². The highest BCUT2D eigenvalue weighted by Gasteiger charge is 2.38. The lowest BCUT2D eigenvalue weighted by Crippen LogP contribution is -2.51. The summed E-state index contributed by atoms with van der Waals surface area (Å²) in [5, 5.41) is 3.09. The summed E-state index contributed by atoms with van der Waals surface area (Å²) in [7, 11) is 0. The van der Waals surface area contributed by atoms with E-state index in [1.54, 1.807) is 0 Å². The van der Waals surface area contributed by atoms with Crippen LogP contribution in [0.15, 0.2) is 18.3 Å². The highest BCUT2D eigenvalue weighted by molar-refractivity contribution is 5.74. The second-order valence-corrected chi connectivity index (χ2v) is 8.37. The van der Waals surface area contributed by atoms with Crippen molar-refractivity contribution in [2.24, 2.45) is 5.41 Å². The Morgan fingerprint density at radius 3 is 2.63 bits per heavy atom. The van der Waals surface area contributed by atoms with Crippen LogP contribution in [0, 0.1) is 5.41 Å². The average molecular weight is 373 g/mol. The topological polar surface area (TPSA) is 57.7 Å². The summed E-state index contributed by atoms with van der Waals surface area (Å²) >= 11 is 0. The normalized spacial score (nSPS) is 22.7. The van der Waals surface area contributed by atoms with Gasteiger partial charge in [0.25, 0.3) is 0 Å². The number of pyridine rings is 1. The molecule has 6 heteroatoms. The standard InChI is InChI=1S/C21H32N4O2/c26-20(25-12-4-7-21(17-25)8-13-27-14-9-21)23-16-18-5-6-19(22-15-18)24-10-2-1-3-11-24/h5-6,15H,1-4,7-14,16-17H2,(H,23,26). The first kappa shape index (κ1) is 18.5. The molecule has 4 heterocycles. The molecule has 0 unspecified atom stereocenters. The number of carbonyl (C=O) groups excluding carboxylic acids is 1. The number of aromatic nitrogens is 1. The number of carbonyl (C=O) groups is 1. The van der Waals surface area contributed by atoms with Crippen molar-refractivity contribution in [2.75, 3.05) is 44.3 Å². The van der Waals surface area contributed by atoms with Crippen LogP contribution in [0.1, 0.15) is 50.5 Å². The number of nitrogens with zero attached hydrogens (tertiary/aromatic N) is 3. The summed E-state index contributed by atoms with van der Waals surface area (Å²) in [6, 6.07) is 4.23. The maximum atomic E-state index is 12.7. The molecule has 27 heavy (non-hydrogen) atoms. The maximum absolute atomic E-state index is 12.7. The zero-order chi connectivity index (χ0) is 18.5. The van der Waals surface area contributed by atoms with E-state index in [0.717, 1.165) is 70.0 Å². The van der Waals surface area contributed by atoms with Crippen LogP contribution in [0.2, 0.25) is 0 Å². The number of amides is 2. The summed E-state index contributed by atoms with van der Waals surface area (Å²) < 4.78 is 5.52. The Kier molecular flexibility index (Phi) is 5.81. The first-order valence-electron chi connectivity index (χ1n) is 10.5. The summed E-state index contributed by atoms with van der Waals surface area (Å²) in [6.07, 6.45) is 10.2. The lowest BCUT2D eigenvalue weighted by molar-refractivity contribution is -0.0186. The molecular weight excluding hydrogens is 340 g/mol. The van der Waals surface area contributed by atoms with Crippen LogP contribution < -0.4 is 10.2 Å². The zero-order valence-corrected chi connectivity index (χ0v) is 16.3. The minimum atomic E-state index is 0.0562. The van der Waals surface area contributed by atoms with Crippen molar-refractivity contribution in [1.82, 2.24) is 15.2 Å². The molecule has 3 aliphatic rings. The predicted octanol–water partition coefficient (Wildman–Crippen LogP) is 3.17. The van der Waals surface area contributed by atoms with Gasteiger partial charge in [-0.15, -0.1) is 0 Å². The summed E-state index contributed by atoms with van der Waals surface area (Å²) in [5.74, 6) is 1.06. The molecule has 1 aromatic heterocycles. The quantitative estimate of drug-likeness (QED) is 0.885. The molecule has 3 aliphatic heterocycles. The number of nitrogens with one attached hydrogen (secondary N) is 1. The molecule has 0 radical (unpaired) electrons. The Morgan fingerprint density at radius 1 is 1.07 bits per heavy atom. The van der Waals surface area contributed by atoms with E-state index in [1.165, 1.54) is 25.7 Å². The van der Waals surface area contributed by atoms with Gasteiger partial charge in [-0.25, -0.2) is 9.78 Å². The van der Waals surface area contributed by atoms with E-state index in [2.05, 4.69) is 27.3 Å². The first-order chi connectivity index (χ1) is 13.2. The van der Waals surface area contributed by atoms with Crippen molar-refractivity contribution in [3.05, 3.63) is 23.9 Å². The fourth-order valence-electron chi connectivity index (χ4n) is 4.71. The Bertz CT molecular complexity index is 616. The number of anilines is 1. The molecule has 3 saturated heterocycles. The van der Waals surface area contributed by atoms with E-state index in [1.807, 2.05) is 11.1 Å². The highest BCUT2D eigenvalue weighted by atomic mass is 16.5. The second-order valence-electron chi connectivity index (χ2n) is 8.37. The molecular formula is C21H32N4O2. The molecule has 148 valence electrons. The van der Waals surface area contributed by atoms with Crippen LogP contribution in [0.3, 0.4) is 0 Å². The monoisotopic (exact) mass is 372 g/mol. The largest absolute Gasteiger partial charge is 0.381 e. The molecule has 1 spiro atoms. The molecule has 0 atom stereocenters. The summed E-state index contributed by atoms with van der Waals surface area (Å²) in [4.78, 5) is 21.6. The molecule has 2 amide bonds. The van der Waals surface area contributed by atoms with Crippen LogP contribution in [0.4, 0.5) is 10.6 Å². The van der Waals surface area contributed by atoms with E-state index in [-0.39, 0.29) is 11.4 Å². The highest BCUT2D eigenvalue weighted by Crippen LogP contribution is 2.39. The predicted molar refractivity (Wildman–Crippen MR) is 106 cm³/mol. The van der Waals surface area contributed by atoms with Crippen molar-refractivity contribution in [3.8, 4) is 0 Å². The number of ether oxygens (including phenoxy) is 1. The molecule has 3 fully saturated rings. The SMILES string of the molecule is O=C(NCc1ccc(N2CCCCC2)nc1)N1CCCC2(CCOCC2)C1. The van der Waals surface area contributed by atoms with Crippen molar-refractivity contribution in [2.45, 2.75) is 51.5 Å². The third kappa shape index (κ3) is 4.54. The number of likely N-dealkylation sites (tertiary alicyclic amines) is 1. The molecule has 1 aromatic rings.